The van der Waals surface area contributed by atoms with Crippen LogP contribution in [0.25, 0.3) is 0 Å². The van der Waals surface area contributed by atoms with Gasteiger partial charge in [-0.1, -0.05) is 31.5 Å². The molecule has 1 unspecified atom stereocenters. The van der Waals surface area contributed by atoms with Gasteiger partial charge in [0, 0.05) is 12.1 Å². The van der Waals surface area contributed by atoms with Crippen molar-refractivity contribution in [2.75, 3.05) is 6.54 Å². The largest absolute Gasteiger partial charge is 0.370 e. The average molecular weight is 302 g/mol. The number of aliphatic imine (C=N–C) groups is 1. The molecule has 1 heterocycles. The van der Waals surface area contributed by atoms with Crippen LogP contribution in [-0.4, -0.2) is 29.2 Å². The van der Waals surface area contributed by atoms with E-state index in [1.54, 1.807) is 4.90 Å². The Hall–Kier alpha value is -2.37. The van der Waals surface area contributed by atoms with Crippen molar-refractivity contribution in [1.82, 2.24) is 4.90 Å². The molecule has 1 aliphatic rings. The summed E-state index contributed by atoms with van der Waals surface area (Å²) >= 11 is 0. The fraction of sp³-hybridized carbons (Fsp3) is 0.438. The summed E-state index contributed by atoms with van der Waals surface area (Å²) in [4.78, 5) is 29.9. The van der Waals surface area contributed by atoms with Gasteiger partial charge in [-0.2, -0.15) is 4.99 Å². The van der Waals surface area contributed by atoms with Crippen molar-refractivity contribution in [2.24, 2.45) is 22.4 Å². The molecule has 0 radical (unpaired) electrons. The summed E-state index contributed by atoms with van der Waals surface area (Å²) in [5.41, 5.74) is 13.1. The molecule has 1 atom stereocenters. The number of amides is 2. The summed E-state index contributed by atoms with van der Waals surface area (Å²) in [6.07, 6.45) is 0.0897. The predicted molar refractivity (Wildman–Crippen MR) is 85.2 cm³/mol. The van der Waals surface area contributed by atoms with E-state index in [1.807, 2.05) is 39.0 Å². The number of carbonyl (C=O) groups excluding carboxylic acids is 2. The Balaban J connectivity index is 2.36. The fourth-order valence-corrected chi connectivity index (χ4v) is 2.79. The van der Waals surface area contributed by atoms with E-state index in [1.165, 1.54) is 0 Å². The quantitative estimate of drug-likeness (QED) is 0.647. The molecule has 6 nitrogen and oxygen atoms in total. The number of fused-ring (bicyclic) bond motifs is 1. The molecule has 2 rings (SSSR count). The molecule has 2 amide bonds. The van der Waals surface area contributed by atoms with E-state index in [2.05, 4.69) is 4.99 Å². The highest BCUT2D eigenvalue weighted by Gasteiger charge is 2.37. The highest BCUT2D eigenvalue weighted by molar-refractivity contribution is 6.00. The smallest absolute Gasteiger partial charge is 0.254 e. The molecule has 0 aromatic heterocycles. The van der Waals surface area contributed by atoms with Crippen LogP contribution in [0, 0.1) is 12.8 Å². The standard InChI is InChI=1S/C16H22N4O2/c1-9(2)8-20-13(7-14(21)19-16(17)18)11-5-4-10(3)6-12(11)15(20)22/h4-6,9,13H,7-8H2,1-3H3,(H4,17,18,19,21). The van der Waals surface area contributed by atoms with Crippen LogP contribution in [0.3, 0.4) is 0 Å². The minimum atomic E-state index is -0.417. The van der Waals surface area contributed by atoms with Crippen molar-refractivity contribution < 1.29 is 9.59 Å². The highest BCUT2D eigenvalue weighted by atomic mass is 16.2. The highest BCUT2D eigenvalue weighted by Crippen LogP contribution is 2.37. The number of rotatable bonds is 4. The van der Waals surface area contributed by atoms with E-state index in [-0.39, 0.29) is 24.3 Å². The van der Waals surface area contributed by atoms with Gasteiger partial charge in [-0.25, -0.2) is 0 Å². The zero-order chi connectivity index (χ0) is 16.4. The molecule has 0 saturated heterocycles. The van der Waals surface area contributed by atoms with Crippen molar-refractivity contribution >= 4 is 17.8 Å². The lowest BCUT2D eigenvalue weighted by Crippen LogP contribution is -2.33. The van der Waals surface area contributed by atoms with E-state index in [9.17, 15) is 9.59 Å². The monoisotopic (exact) mass is 302 g/mol. The van der Waals surface area contributed by atoms with Gasteiger partial charge in [-0.15, -0.1) is 0 Å². The molecule has 118 valence electrons. The van der Waals surface area contributed by atoms with Crippen molar-refractivity contribution in [1.29, 1.82) is 0 Å². The molecular formula is C16H22N4O2. The van der Waals surface area contributed by atoms with Crippen LogP contribution in [0.2, 0.25) is 0 Å². The summed E-state index contributed by atoms with van der Waals surface area (Å²) in [6.45, 7) is 6.61. The lowest BCUT2D eigenvalue weighted by molar-refractivity contribution is -0.118. The molecule has 22 heavy (non-hydrogen) atoms. The van der Waals surface area contributed by atoms with Gasteiger partial charge in [0.25, 0.3) is 11.8 Å². The third kappa shape index (κ3) is 3.27. The van der Waals surface area contributed by atoms with Crippen molar-refractivity contribution in [3.05, 3.63) is 34.9 Å². The van der Waals surface area contributed by atoms with Crippen LogP contribution in [-0.2, 0) is 4.79 Å². The zero-order valence-corrected chi connectivity index (χ0v) is 13.2. The molecular weight excluding hydrogens is 280 g/mol. The molecule has 6 heteroatoms. The maximum absolute atomic E-state index is 12.6. The normalized spacial score (nSPS) is 16.8. The van der Waals surface area contributed by atoms with E-state index >= 15 is 0 Å². The number of nitrogens with zero attached hydrogens (tertiary/aromatic N) is 2. The minimum Gasteiger partial charge on any atom is -0.370 e. The predicted octanol–water partition coefficient (Wildman–Crippen LogP) is 1.34. The first-order valence-electron chi connectivity index (χ1n) is 7.33. The first-order chi connectivity index (χ1) is 10.3. The molecule has 1 aromatic rings. The van der Waals surface area contributed by atoms with Gasteiger partial charge in [0.05, 0.1) is 12.5 Å². The molecule has 4 N–H and O–H groups in total. The van der Waals surface area contributed by atoms with Gasteiger partial charge in [0.1, 0.15) is 0 Å². The zero-order valence-electron chi connectivity index (χ0n) is 13.2. The lowest BCUT2D eigenvalue weighted by Gasteiger charge is -2.26. The second-order valence-corrected chi connectivity index (χ2v) is 6.09. The van der Waals surface area contributed by atoms with E-state index in [0.29, 0.717) is 18.0 Å². The number of hydrogen-bond donors (Lipinski definition) is 2. The number of benzene rings is 1. The van der Waals surface area contributed by atoms with Gasteiger partial charge >= 0.3 is 0 Å². The number of nitrogens with two attached hydrogens (primary N) is 2. The Bertz CT molecular complexity index is 633. The first-order valence-corrected chi connectivity index (χ1v) is 7.33. The molecule has 1 aromatic carbocycles. The molecule has 0 aliphatic carbocycles. The van der Waals surface area contributed by atoms with Gasteiger partial charge in [0.2, 0.25) is 0 Å². The summed E-state index contributed by atoms with van der Waals surface area (Å²) in [5, 5.41) is 0. The number of carbonyl (C=O) groups is 2. The van der Waals surface area contributed by atoms with Crippen molar-refractivity contribution in [3.8, 4) is 0 Å². The minimum absolute atomic E-state index is 0.0325. The molecule has 0 bridgehead atoms. The van der Waals surface area contributed by atoms with E-state index < -0.39 is 5.91 Å². The average Bonchev–Trinajstić information content (AvgIpc) is 2.62. The third-order valence-electron chi connectivity index (χ3n) is 3.62. The van der Waals surface area contributed by atoms with Crippen LogP contribution in [0.4, 0.5) is 0 Å². The Morgan fingerprint density at radius 1 is 1.36 bits per heavy atom. The Kier molecular flexibility index (Phi) is 4.49. The Labute approximate surface area is 130 Å². The summed E-state index contributed by atoms with van der Waals surface area (Å²) < 4.78 is 0. The Morgan fingerprint density at radius 2 is 2.05 bits per heavy atom. The maximum Gasteiger partial charge on any atom is 0.254 e. The summed E-state index contributed by atoms with van der Waals surface area (Å²) in [6, 6.07) is 5.43. The number of hydrogen-bond acceptors (Lipinski definition) is 2. The van der Waals surface area contributed by atoms with E-state index in [0.717, 1.165) is 11.1 Å². The maximum atomic E-state index is 12.6. The fourth-order valence-electron chi connectivity index (χ4n) is 2.79. The van der Waals surface area contributed by atoms with Crippen LogP contribution in [0.1, 0.15) is 47.8 Å². The van der Waals surface area contributed by atoms with Gasteiger partial charge in [0.15, 0.2) is 5.96 Å². The SMILES string of the molecule is Cc1ccc2c(c1)C(=O)N(CC(C)C)C2CC(=O)N=C(N)N. The summed E-state index contributed by atoms with van der Waals surface area (Å²) in [7, 11) is 0. The van der Waals surface area contributed by atoms with Gasteiger partial charge < -0.3 is 16.4 Å². The topological polar surface area (TPSA) is 102 Å². The van der Waals surface area contributed by atoms with Gasteiger partial charge in [-0.05, 0) is 24.5 Å². The second-order valence-electron chi connectivity index (χ2n) is 6.09. The molecule has 0 fully saturated rings. The molecule has 0 spiro atoms. The second kappa shape index (κ2) is 6.17. The summed E-state index contributed by atoms with van der Waals surface area (Å²) in [5.74, 6) is -0.399. The third-order valence-corrected chi connectivity index (χ3v) is 3.62. The molecule has 0 saturated carbocycles. The van der Waals surface area contributed by atoms with Crippen LogP contribution >= 0.6 is 0 Å². The Morgan fingerprint density at radius 3 is 2.64 bits per heavy atom. The van der Waals surface area contributed by atoms with Crippen molar-refractivity contribution in [3.63, 3.8) is 0 Å². The van der Waals surface area contributed by atoms with Crippen LogP contribution in [0.5, 0.6) is 0 Å². The van der Waals surface area contributed by atoms with Crippen LogP contribution in [0.15, 0.2) is 23.2 Å². The van der Waals surface area contributed by atoms with E-state index in [4.69, 9.17) is 11.5 Å². The number of guanidine groups is 1. The van der Waals surface area contributed by atoms with Crippen molar-refractivity contribution in [2.45, 2.75) is 33.2 Å². The molecule has 1 aliphatic heterocycles. The lowest BCUT2D eigenvalue weighted by atomic mass is 10.00. The van der Waals surface area contributed by atoms with Crippen LogP contribution < -0.4 is 11.5 Å². The van der Waals surface area contributed by atoms with Gasteiger partial charge in [-0.3, -0.25) is 9.59 Å². The first kappa shape index (κ1) is 16.0. The number of aryl methyl sites for hydroxylation is 1.